The van der Waals surface area contributed by atoms with E-state index in [-0.39, 0.29) is 12.4 Å². The predicted molar refractivity (Wildman–Crippen MR) is 73.1 cm³/mol. The molecule has 18 heavy (non-hydrogen) atoms. The molecule has 0 unspecified atom stereocenters. The smallest absolute Gasteiger partial charge is 0.123 e. The van der Waals surface area contributed by atoms with Gasteiger partial charge in [-0.25, -0.2) is 4.39 Å². The standard InChI is InChI=1S/C15H11FOS/c16-12-5-6-13(11(7-12)9-17)15-8-10-3-1-2-4-14(10)18-15/h1-8,17H,9H2. The Morgan fingerprint density at radius 2 is 1.89 bits per heavy atom. The van der Waals surface area contributed by atoms with Crippen molar-refractivity contribution in [3.05, 3.63) is 59.9 Å². The molecule has 0 aliphatic rings. The van der Waals surface area contributed by atoms with Crippen LogP contribution in [0.2, 0.25) is 0 Å². The van der Waals surface area contributed by atoms with Crippen LogP contribution in [0.4, 0.5) is 4.39 Å². The number of hydrogen-bond acceptors (Lipinski definition) is 2. The van der Waals surface area contributed by atoms with Gasteiger partial charge in [0.1, 0.15) is 5.82 Å². The van der Waals surface area contributed by atoms with Crippen molar-refractivity contribution in [1.29, 1.82) is 0 Å². The Morgan fingerprint density at radius 1 is 1.06 bits per heavy atom. The fraction of sp³-hybridized carbons (Fsp3) is 0.0667. The van der Waals surface area contributed by atoms with Gasteiger partial charge in [-0.1, -0.05) is 24.3 Å². The minimum atomic E-state index is -0.316. The van der Waals surface area contributed by atoms with Crippen LogP contribution in [0.3, 0.4) is 0 Å². The number of benzene rings is 2. The topological polar surface area (TPSA) is 20.2 Å². The first-order valence-electron chi connectivity index (χ1n) is 5.66. The van der Waals surface area contributed by atoms with Gasteiger partial charge in [0.05, 0.1) is 6.61 Å². The second-order valence-electron chi connectivity index (χ2n) is 4.11. The summed E-state index contributed by atoms with van der Waals surface area (Å²) >= 11 is 1.65. The molecule has 0 saturated heterocycles. The van der Waals surface area contributed by atoms with E-state index in [2.05, 4.69) is 18.2 Å². The third-order valence-corrected chi connectivity index (χ3v) is 4.08. The Bertz CT molecular complexity index is 670. The highest BCUT2D eigenvalue weighted by atomic mass is 32.1. The average molecular weight is 258 g/mol. The predicted octanol–water partition coefficient (Wildman–Crippen LogP) is 4.20. The Morgan fingerprint density at radius 3 is 2.67 bits per heavy atom. The van der Waals surface area contributed by atoms with E-state index in [0.717, 1.165) is 10.4 Å². The monoisotopic (exact) mass is 258 g/mol. The third-order valence-electron chi connectivity index (χ3n) is 2.93. The molecule has 3 aromatic rings. The van der Waals surface area contributed by atoms with E-state index in [1.807, 2.05) is 12.1 Å². The van der Waals surface area contributed by atoms with E-state index in [0.29, 0.717) is 5.56 Å². The van der Waals surface area contributed by atoms with Crippen LogP contribution >= 0.6 is 11.3 Å². The minimum Gasteiger partial charge on any atom is -0.392 e. The fourth-order valence-corrected chi connectivity index (χ4v) is 3.17. The summed E-state index contributed by atoms with van der Waals surface area (Å²) in [5, 5.41) is 10.5. The summed E-state index contributed by atoms with van der Waals surface area (Å²) in [6.07, 6.45) is 0. The van der Waals surface area contributed by atoms with Crippen molar-refractivity contribution < 1.29 is 9.50 Å². The Balaban J connectivity index is 2.19. The van der Waals surface area contributed by atoms with Crippen molar-refractivity contribution in [2.45, 2.75) is 6.61 Å². The molecule has 3 rings (SSSR count). The highest BCUT2D eigenvalue weighted by Crippen LogP contribution is 2.35. The minimum absolute atomic E-state index is 0.151. The number of rotatable bonds is 2. The van der Waals surface area contributed by atoms with Crippen LogP contribution in [0.25, 0.3) is 20.5 Å². The maximum Gasteiger partial charge on any atom is 0.123 e. The second-order valence-corrected chi connectivity index (χ2v) is 5.19. The number of aliphatic hydroxyl groups excluding tert-OH is 1. The third kappa shape index (κ3) is 1.92. The number of fused-ring (bicyclic) bond motifs is 1. The lowest BCUT2D eigenvalue weighted by atomic mass is 10.1. The lowest BCUT2D eigenvalue weighted by molar-refractivity contribution is 0.282. The van der Waals surface area contributed by atoms with Crippen LogP contribution in [0.15, 0.2) is 48.5 Å². The van der Waals surface area contributed by atoms with Crippen molar-refractivity contribution in [1.82, 2.24) is 0 Å². The zero-order valence-corrected chi connectivity index (χ0v) is 10.4. The lowest BCUT2D eigenvalue weighted by Crippen LogP contribution is -1.89. The van der Waals surface area contributed by atoms with Crippen LogP contribution in [0.1, 0.15) is 5.56 Å². The molecule has 0 aliphatic carbocycles. The molecule has 0 spiro atoms. The molecule has 0 radical (unpaired) electrons. The van der Waals surface area contributed by atoms with E-state index >= 15 is 0 Å². The largest absolute Gasteiger partial charge is 0.392 e. The summed E-state index contributed by atoms with van der Waals surface area (Å²) in [4.78, 5) is 1.06. The maximum atomic E-state index is 13.1. The van der Waals surface area contributed by atoms with Gasteiger partial charge in [-0.2, -0.15) is 0 Å². The molecule has 0 aliphatic heterocycles. The first-order chi connectivity index (χ1) is 8.78. The summed E-state index contributed by atoms with van der Waals surface area (Å²) in [5.74, 6) is -0.316. The maximum absolute atomic E-state index is 13.1. The van der Waals surface area contributed by atoms with Crippen molar-refractivity contribution in [3.63, 3.8) is 0 Å². The van der Waals surface area contributed by atoms with Gasteiger partial charge in [-0.3, -0.25) is 0 Å². The van der Waals surface area contributed by atoms with Gasteiger partial charge in [-0.15, -0.1) is 11.3 Å². The van der Waals surface area contributed by atoms with Crippen LogP contribution < -0.4 is 0 Å². The van der Waals surface area contributed by atoms with Gasteiger partial charge >= 0.3 is 0 Å². The molecule has 3 heteroatoms. The van der Waals surface area contributed by atoms with Gasteiger partial charge in [0, 0.05) is 9.58 Å². The van der Waals surface area contributed by atoms with Crippen molar-refractivity contribution in [2.24, 2.45) is 0 Å². The lowest BCUT2D eigenvalue weighted by Gasteiger charge is -2.04. The molecule has 0 amide bonds. The molecule has 0 fully saturated rings. The van der Waals surface area contributed by atoms with E-state index in [9.17, 15) is 9.50 Å². The number of hydrogen-bond donors (Lipinski definition) is 1. The van der Waals surface area contributed by atoms with E-state index in [4.69, 9.17) is 0 Å². The molecule has 1 aromatic heterocycles. The van der Waals surface area contributed by atoms with Gasteiger partial charge in [-0.05, 0) is 40.8 Å². The molecule has 90 valence electrons. The number of aliphatic hydroxyl groups is 1. The summed E-state index contributed by atoms with van der Waals surface area (Å²) in [6, 6.07) is 14.7. The Kier molecular flexibility index (Phi) is 2.86. The number of halogens is 1. The molecule has 0 saturated carbocycles. The second kappa shape index (κ2) is 4.52. The van der Waals surface area contributed by atoms with Crippen LogP contribution in [-0.4, -0.2) is 5.11 Å². The van der Waals surface area contributed by atoms with Crippen LogP contribution in [0, 0.1) is 5.82 Å². The molecule has 1 heterocycles. The quantitative estimate of drug-likeness (QED) is 0.730. The Hall–Kier alpha value is -1.71. The summed E-state index contributed by atoms with van der Waals surface area (Å²) < 4.78 is 14.3. The molecule has 1 nitrogen and oxygen atoms in total. The van der Waals surface area contributed by atoms with Crippen LogP contribution in [0.5, 0.6) is 0 Å². The van der Waals surface area contributed by atoms with Crippen molar-refractivity contribution in [2.75, 3.05) is 0 Å². The zero-order chi connectivity index (χ0) is 12.5. The molecule has 0 bridgehead atoms. The molecular weight excluding hydrogens is 247 g/mol. The summed E-state index contributed by atoms with van der Waals surface area (Å²) in [5.41, 5.74) is 1.53. The van der Waals surface area contributed by atoms with E-state index in [1.165, 1.54) is 22.2 Å². The normalized spacial score (nSPS) is 11.0. The van der Waals surface area contributed by atoms with Gasteiger partial charge < -0.3 is 5.11 Å². The summed E-state index contributed by atoms with van der Waals surface area (Å²) in [7, 11) is 0. The highest BCUT2D eigenvalue weighted by Gasteiger charge is 2.09. The molecular formula is C15H11FOS. The van der Waals surface area contributed by atoms with Crippen molar-refractivity contribution >= 4 is 21.4 Å². The van der Waals surface area contributed by atoms with E-state index < -0.39 is 0 Å². The molecule has 0 atom stereocenters. The highest BCUT2D eigenvalue weighted by molar-refractivity contribution is 7.22. The summed E-state index contributed by atoms with van der Waals surface area (Å²) in [6.45, 7) is -0.151. The fourth-order valence-electron chi connectivity index (χ4n) is 2.05. The molecule has 2 aromatic carbocycles. The van der Waals surface area contributed by atoms with Gasteiger partial charge in [0.15, 0.2) is 0 Å². The Labute approximate surface area is 108 Å². The number of thiophene rings is 1. The zero-order valence-electron chi connectivity index (χ0n) is 9.56. The van der Waals surface area contributed by atoms with Gasteiger partial charge in [0.25, 0.3) is 0 Å². The first kappa shape index (κ1) is 11.4. The van der Waals surface area contributed by atoms with Crippen molar-refractivity contribution in [3.8, 4) is 10.4 Å². The average Bonchev–Trinajstić information content (AvgIpc) is 2.82. The SMILES string of the molecule is OCc1cc(F)ccc1-c1cc2ccccc2s1. The van der Waals surface area contributed by atoms with E-state index in [1.54, 1.807) is 17.4 Å². The van der Waals surface area contributed by atoms with Gasteiger partial charge in [0.2, 0.25) is 0 Å². The molecule has 1 N–H and O–H groups in total. The first-order valence-corrected chi connectivity index (χ1v) is 6.48. The van der Waals surface area contributed by atoms with Crippen LogP contribution in [-0.2, 0) is 6.61 Å².